The first-order valence-electron chi connectivity index (χ1n) is 4.44. The van der Waals surface area contributed by atoms with Crippen LogP contribution in [0.1, 0.15) is 23.2 Å². The van der Waals surface area contributed by atoms with E-state index in [1.165, 1.54) is 12.1 Å². The molecule has 1 rings (SSSR count). The molecule has 0 atom stereocenters. The molecule has 0 saturated carbocycles. The van der Waals surface area contributed by atoms with Crippen LogP contribution in [-0.2, 0) is 0 Å². The predicted octanol–water partition coefficient (Wildman–Crippen LogP) is 2.65. The molecular formula is C10H10BrF2NO. The van der Waals surface area contributed by atoms with E-state index >= 15 is 0 Å². The van der Waals surface area contributed by atoms with E-state index < -0.39 is 17.4 Å². The molecule has 5 heteroatoms. The Labute approximate surface area is 94.6 Å². The van der Waals surface area contributed by atoms with Crippen LogP contribution in [-0.4, -0.2) is 12.3 Å². The normalized spacial score (nSPS) is 10.4. The summed E-state index contributed by atoms with van der Waals surface area (Å²) < 4.78 is 26.4. The molecule has 0 aliphatic carbocycles. The van der Waals surface area contributed by atoms with Crippen LogP contribution in [0.5, 0.6) is 0 Å². The SMILES string of the molecule is NCCCC(=O)c1ccc(Br)c(F)c1F. The molecule has 0 aliphatic rings. The third-order valence-corrected chi connectivity index (χ3v) is 2.56. The summed E-state index contributed by atoms with van der Waals surface area (Å²) in [5, 5.41) is 0. The lowest BCUT2D eigenvalue weighted by molar-refractivity contribution is 0.0976. The van der Waals surface area contributed by atoms with E-state index in [-0.39, 0.29) is 16.5 Å². The van der Waals surface area contributed by atoms with Crippen molar-refractivity contribution >= 4 is 21.7 Å². The molecule has 0 heterocycles. The van der Waals surface area contributed by atoms with Crippen LogP contribution in [0.3, 0.4) is 0 Å². The number of carbonyl (C=O) groups is 1. The van der Waals surface area contributed by atoms with E-state index in [0.717, 1.165) is 0 Å². The molecule has 15 heavy (non-hydrogen) atoms. The number of hydrogen-bond acceptors (Lipinski definition) is 2. The van der Waals surface area contributed by atoms with Crippen molar-refractivity contribution in [1.29, 1.82) is 0 Å². The van der Waals surface area contributed by atoms with Crippen LogP contribution in [0.4, 0.5) is 8.78 Å². The summed E-state index contributed by atoms with van der Waals surface area (Å²) in [6, 6.07) is 2.58. The molecule has 0 bridgehead atoms. The van der Waals surface area contributed by atoms with Crippen LogP contribution in [0.25, 0.3) is 0 Å². The summed E-state index contributed by atoms with van der Waals surface area (Å²) in [5.41, 5.74) is 5.00. The second-order valence-corrected chi connectivity index (χ2v) is 3.89. The fourth-order valence-corrected chi connectivity index (χ4v) is 1.44. The standard InChI is InChI=1S/C10H10BrF2NO/c11-7-4-3-6(9(12)10(7)13)8(15)2-1-5-14/h3-4H,1-2,5,14H2. The smallest absolute Gasteiger partial charge is 0.173 e. The van der Waals surface area contributed by atoms with Gasteiger partial charge in [0.2, 0.25) is 0 Å². The van der Waals surface area contributed by atoms with Crippen molar-refractivity contribution < 1.29 is 13.6 Å². The van der Waals surface area contributed by atoms with Gasteiger partial charge in [0.15, 0.2) is 17.4 Å². The van der Waals surface area contributed by atoms with E-state index in [1.807, 2.05) is 0 Å². The highest BCUT2D eigenvalue weighted by molar-refractivity contribution is 9.10. The lowest BCUT2D eigenvalue weighted by Gasteiger charge is -2.03. The number of ketones is 1. The summed E-state index contributed by atoms with van der Waals surface area (Å²) in [4.78, 5) is 11.4. The van der Waals surface area contributed by atoms with Crippen molar-refractivity contribution in [1.82, 2.24) is 0 Å². The zero-order valence-electron chi connectivity index (χ0n) is 7.90. The Morgan fingerprint density at radius 3 is 2.60 bits per heavy atom. The summed E-state index contributed by atoms with van der Waals surface area (Å²) >= 11 is 2.84. The first kappa shape index (κ1) is 12.3. The fraction of sp³-hybridized carbons (Fsp3) is 0.300. The molecule has 82 valence electrons. The molecule has 0 amide bonds. The third-order valence-electron chi connectivity index (χ3n) is 1.94. The van der Waals surface area contributed by atoms with E-state index in [1.54, 1.807) is 0 Å². The first-order chi connectivity index (χ1) is 7.07. The minimum absolute atomic E-state index is 0.00961. The van der Waals surface area contributed by atoms with Gasteiger partial charge in [-0.15, -0.1) is 0 Å². The number of nitrogens with two attached hydrogens (primary N) is 1. The largest absolute Gasteiger partial charge is 0.330 e. The summed E-state index contributed by atoms with van der Waals surface area (Å²) in [6.07, 6.45) is 0.602. The first-order valence-corrected chi connectivity index (χ1v) is 5.24. The molecule has 2 N–H and O–H groups in total. The lowest BCUT2D eigenvalue weighted by Crippen LogP contribution is -2.08. The molecule has 0 aromatic heterocycles. The Morgan fingerprint density at radius 2 is 2.00 bits per heavy atom. The number of carbonyl (C=O) groups excluding carboxylic acids is 1. The van der Waals surface area contributed by atoms with Gasteiger partial charge in [-0.3, -0.25) is 4.79 Å². The van der Waals surface area contributed by atoms with Crippen LogP contribution in [0.2, 0.25) is 0 Å². The van der Waals surface area contributed by atoms with Crippen molar-refractivity contribution in [2.75, 3.05) is 6.54 Å². The predicted molar refractivity (Wildman–Crippen MR) is 56.7 cm³/mol. The van der Waals surface area contributed by atoms with Crippen LogP contribution < -0.4 is 5.73 Å². The van der Waals surface area contributed by atoms with Crippen molar-refractivity contribution in [3.63, 3.8) is 0 Å². The Balaban J connectivity index is 2.95. The van der Waals surface area contributed by atoms with Crippen molar-refractivity contribution in [2.24, 2.45) is 5.73 Å². The Morgan fingerprint density at radius 1 is 1.33 bits per heavy atom. The third kappa shape index (κ3) is 2.82. The molecular weight excluding hydrogens is 268 g/mol. The maximum atomic E-state index is 13.3. The number of halogens is 3. The van der Waals surface area contributed by atoms with Gasteiger partial charge in [0.05, 0.1) is 10.0 Å². The van der Waals surface area contributed by atoms with E-state index in [0.29, 0.717) is 13.0 Å². The van der Waals surface area contributed by atoms with E-state index in [4.69, 9.17) is 5.73 Å². The maximum Gasteiger partial charge on any atom is 0.173 e. The quantitative estimate of drug-likeness (QED) is 0.679. The van der Waals surface area contributed by atoms with Gasteiger partial charge >= 0.3 is 0 Å². The molecule has 0 saturated heterocycles. The van der Waals surface area contributed by atoms with Gasteiger partial charge in [0.1, 0.15) is 0 Å². The molecule has 0 spiro atoms. The average molecular weight is 278 g/mol. The molecule has 0 unspecified atom stereocenters. The van der Waals surface area contributed by atoms with Gasteiger partial charge in [-0.05, 0) is 41.0 Å². The highest BCUT2D eigenvalue weighted by Crippen LogP contribution is 2.22. The molecule has 0 aliphatic heterocycles. The number of rotatable bonds is 4. The minimum Gasteiger partial charge on any atom is -0.330 e. The Hall–Kier alpha value is -0.810. The van der Waals surface area contributed by atoms with Crippen molar-refractivity contribution in [3.8, 4) is 0 Å². The van der Waals surface area contributed by atoms with Gasteiger partial charge in [0, 0.05) is 6.42 Å². The number of benzene rings is 1. The monoisotopic (exact) mass is 277 g/mol. The summed E-state index contributed by atoms with van der Waals surface area (Å²) in [5.74, 6) is -2.57. The molecule has 0 radical (unpaired) electrons. The van der Waals surface area contributed by atoms with Gasteiger partial charge in [0.25, 0.3) is 0 Å². The zero-order valence-corrected chi connectivity index (χ0v) is 9.48. The second kappa shape index (κ2) is 5.32. The summed E-state index contributed by atoms with van der Waals surface area (Å²) in [6.45, 7) is 0.354. The number of Topliss-reactive ketones (excluding diaryl/α,β-unsaturated/α-hetero) is 1. The summed E-state index contributed by atoms with van der Waals surface area (Å²) in [7, 11) is 0. The highest BCUT2D eigenvalue weighted by atomic mass is 79.9. The molecule has 0 fully saturated rings. The molecule has 1 aromatic carbocycles. The van der Waals surface area contributed by atoms with E-state index in [9.17, 15) is 13.6 Å². The fourth-order valence-electron chi connectivity index (χ4n) is 1.14. The maximum absolute atomic E-state index is 13.3. The van der Waals surface area contributed by atoms with Crippen LogP contribution in [0.15, 0.2) is 16.6 Å². The zero-order chi connectivity index (χ0) is 11.4. The van der Waals surface area contributed by atoms with Gasteiger partial charge < -0.3 is 5.73 Å². The van der Waals surface area contributed by atoms with Crippen molar-refractivity contribution in [3.05, 3.63) is 33.8 Å². The van der Waals surface area contributed by atoms with Gasteiger partial charge in [-0.1, -0.05) is 0 Å². The second-order valence-electron chi connectivity index (χ2n) is 3.04. The molecule has 2 nitrogen and oxygen atoms in total. The highest BCUT2D eigenvalue weighted by Gasteiger charge is 2.16. The average Bonchev–Trinajstić information content (AvgIpc) is 2.23. The molecule has 1 aromatic rings. The Kier molecular flexibility index (Phi) is 4.35. The topological polar surface area (TPSA) is 43.1 Å². The minimum atomic E-state index is -1.11. The van der Waals surface area contributed by atoms with Gasteiger partial charge in [-0.25, -0.2) is 8.78 Å². The van der Waals surface area contributed by atoms with Crippen LogP contribution >= 0.6 is 15.9 Å². The van der Waals surface area contributed by atoms with E-state index in [2.05, 4.69) is 15.9 Å². The lowest BCUT2D eigenvalue weighted by atomic mass is 10.1. The van der Waals surface area contributed by atoms with Crippen molar-refractivity contribution in [2.45, 2.75) is 12.8 Å². The number of hydrogen-bond donors (Lipinski definition) is 1. The van der Waals surface area contributed by atoms with Crippen LogP contribution in [0, 0.1) is 11.6 Å². The van der Waals surface area contributed by atoms with Gasteiger partial charge in [-0.2, -0.15) is 0 Å². The Bertz CT molecular complexity index is 382.